The predicted octanol–water partition coefficient (Wildman–Crippen LogP) is 1.59. The largest absolute Gasteiger partial charge is 0.282 e. The molecule has 1 rings (SSSR count). The Morgan fingerprint density at radius 3 is 3.00 bits per heavy atom. The predicted molar refractivity (Wildman–Crippen MR) is 43.7 cm³/mol. The SMILES string of the molecule is CC1(C)/C=C\N=C=C/C=N\1. The molecule has 0 aliphatic carbocycles. The molecule has 1 aliphatic heterocycles. The zero-order valence-corrected chi connectivity index (χ0v) is 6.20. The molecule has 10 heavy (non-hydrogen) atoms. The zero-order chi connectivity index (χ0) is 7.45. The van der Waals surface area contributed by atoms with Crippen LogP contribution in [0.5, 0.6) is 0 Å². The van der Waals surface area contributed by atoms with Gasteiger partial charge in [-0.1, -0.05) is 0 Å². The summed E-state index contributed by atoms with van der Waals surface area (Å²) < 4.78 is 0. The van der Waals surface area contributed by atoms with E-state index in [2.05, 4.69) is 15.9 Å². The van der Waals surface area contributed by atoms with Crippen LogP contribution in [-0.4, -0.2) is 17.6 Å². The highest BCUT2D eigenvalue weighted by Crippen LogP contribution is 2.09. The molecule has 0 aromatic rings. The summed E-state index contributed by atoms with van der Waals surface area (Å²) in [6, 6.07) is 0. The number of hydrogen-bond donors (Lipinski definition) is 0. The van der Waals surface area contributed by atoms with Gasteiger partial charge in [-0.2, -0.15) is 0 Å². The van der Waals surface area contributed by atoms with Crippen LogP contribution in [0.25, 0.3) is 0 Å². The summed E-state index contributed by atoms with van der Waals surface area (Å²) in [5.74, 6) is 2.69. The normalized spacial score (nSPS) is 27.0. The highest BCUT2D eigenvalue weighted by Gasteiger charge is 2.08. The second-order valence-corrected chi connectivity index (χ2v) is 2.67. The Hall–Kier alpha value is -1.14. The number of aliphatic imine (C=N–C) groups is 2. The quantitative estimate of drug-likeness (QED) is 0.480. The highest BCUT2D eigenvalue weighted by atomic mass is 14.8. The summed E-state index contributed by atoms with van der Waals surface area (Å²) in [4.78, 5) is 8.07. The summed E-state index contributed by atoms with van der Waals surface area (Å²) >= 11 is 0. The first-order chi connectivity index (χ1) is 4.71. The van der Waals surface area contributed by atoms with Crippen molar-refractivity contribution in [2.45, 2.75) is 19.4 Å². The lowest BCUT2D eigenvalue weighted by molar-refractivity contribution is 0.660. The lowest BCUT2D eigenvalue weighted by Crippen LogP contribution is -2.12. The first-order valence-corrected chi connectivity index (χ1v) is 3.21. The van der Waals surface area contributed by atoms with Crippen LogP contribution in [0.4, 0.5) is 0 Å². The fraction of sp³-hybridized carbons (Fsp3) is 0.375. The van der Waals surface area contributed by atoms with E-state index in [0.29, 0.717) is 0 Å². The third kappa shape index (κ3) is 2.00. The maximum Gasteiger partial charge on any atom is 0.0749 e. The lowest BCUT2D eigenvalue weighted by atomic mass is 10.1. The summed E-state index contributed by atoms with van der Waals surface area (Å²) in [6.45, 7) is 4.04. The summed E-state index contributed by atoms with van der Waals surface area (Å²) in [7, 11) is 0. The molecule has 2 heteroatoms. The van der Waals surface area contributed by atoms with E-state index >= 15 is 0 Å². The van der Waals surface area contributed by atoms with Crippen LogP contribution < -0.4 is 0 Å². The van der Waals surface area contributed by atoms with Crippen LogP contribution in [0.2, 0.25) is 0 Å². The van der Waals surface area contributed by atoms with Gasteiger partial charge in [0.2, 0.25) is 0 Å². The van der Waals surface area contributed by atoms with E-state index in [1.165, 1.54) is 0 Å². The van der Waals surface area contributed by atoms with Crippen molar-refractivity contribution in [1.82, 2.24) is 0 Å². The molecule has 0 spiro atoms. The number of hydrogen-bond acceptors (Lipinski definition) is 2. The minimum atomic E-state index is -0.123. The minimum Gasteiger partial charge on any atom is -0.282 e. The molecule has 0 aromatic carbocycles. The van der Waals surface area contributed by atoms with Crippen LogP contribution in [0.15, 0.2) is 28.3 Å². The van der Waals surface area contributed by atoms with Crippen molar-refractivity contribution in [1.29, 1.82) is 0 Å². The molecule has 0 saturated heterocycles. The molecule has 0 unspecified atom stereocenters. The van der Waals surface area contributed by atoms with Gasteiger partial charge in [0.15, 0.2) is 0 Å². The molecule has 52 valence electrons. The highest BCUT2D eigenvalue weighted by molar-refractivity contribution is 5.83. The molecule has 0 aromatic heterocycles. The van der Waals surface area contributed by atoms with E-state index in [9.17, 15) is 0 Å². The van der Waals surface area contributed by atoms with Crippen LogP contribution in [-0.2, 0) is 0 Å². The van der Waals surface area contributed by atoms with Crippen molar-refractivity contribution in [3.05, 3.63) is 18.4 Å². The number of allylic oxidation sites excluding steroid dienone is 1. The molecule has 0 atom stereocenters. The van der Waals surface area contributed by atoms with Gasteiger partial charge < -0.3 is 0 Å². The third-order valence-corrected chi connectivity index (χ3v) is 1.19. The molecule has 0 radical (unpaired) electrons. The summed E-state index contributed by atoms with van der Waals surface area (Å²) in [6.07, 6.45) is 7.06. The Balaban J connectivity index is 2.90. The van der Waals surface area contributed by atoms with Crippen LogP contribution in [0, 0.1) is 0 Å². The maximum absolute atomic E-state index is 4.23. The fourth-order valence-corrected chi connectivity index (χ4v) is 0.611. The first kappa shape index (κ1) is 6.97. The monoisotopic (exact) mass is 134 g/mol. The van der Waals surface area contributed by atoms with E-state index in [-0.39, 0.29) is 5.54 Å². The third-order valence-electron chi connectivity index (χ3n) is 1.19. The molecule has 2 nitrogen and oxygen atoms in total. The van der Waals surface area contributed by atoms with Gasteiger partial charge in [0.25, 0.3) is 0 Å². The summed E-state index contributed by atoms with van der Waals surface area (Å²) in [5, 5.41) is 0. The maximum atomic E-state index is 4.23. The molecule has 0 bridgehead atoms. The van der Waals surface area contributed by atoms with Crippen molar-refractivity contribution in [3.8, 4) is 0 Å². The average molecular weight is 134 g/mol. The van der Waals surface area contributed by atoms with Gasteiger partial charge in [-0.05, 0) is 25.8 Å². The molecular formula is C8H10N2. The Kier molecular flexibility index (Phi) is 1.83. The van der Waals surface area contributed by atoms with Crippen molar-refractivity contribution in [2.24, 2.45) is 9.98 Å². The minimum absolute atomic E-state index is 0.123. The van der Waals surface area contributed by atoms with Crippen molar-refractivity contribution >= 4 is 12.1 Å². The first-order valence-electron chi connectivity index (χ1n) is 3.21. The van der Waals surface area contributed by atoms with Gasteiger partial charge in [-0.3, -0.25) is 4.99 Å². The van der Waals surface area contributed by atoms with Gasteiger partial charge in [0.1, 0.15) is 0 Å². The van der Waals surface area contributed by atoms with Gasteiger partial charge in [0.05, 0.1) is 5.54 Å². The fourth-order valence-electron chi connectivity index (χ4n) is 0.611. The number of rotatable bonds is 0. The van der Waals surface area contributed by atoms with Gasteiger partial charge in [-0.25, -0.2) is 4.99 Å². The molecule has 0 saturated carbocycles. The van der Waals surface area contributed by atoms with Gasteiger partial charge in [0, 0.05) is 18.5 Å². The van der Waals surface area contributed by atoms with Crippen molar-refractivity contribution in [2.75, 3.05) is 0 Å². The Morgan fingerprint density at radius 2 is 2.20 bits per heavy atom. The van der Waals surface area contributed by atoms with Crippen LogP contribution >= 0.6 is 0 Å². The van der Waals surface area contributed by atoms with E-state index in [4.69, 9.17) is 0 Å². The smallest absolute Gasteiger partial charge is 0.0749 e. The topological polar surface area (TPSA) is 24.7 Å². The second-order valence-electron chi connectivity index (χ2n) is 2.67. The van der Waals surface area contributed by atoms with Crippen molar-refractivity contribution in [3.63, 3.8) is 0 Å². The Morgan fingerprint density at radius 1 is 1.40 bits per heavy atom. The van der Waals surface area contributed by atoms with Gasteiger partial charge >= 0.3 is 0 Å². The van der Waals surface area contributed by atoms with E-state index < -0.39 is 0 Å². The van der Waals surface area contributed by atoms with Crippen LogP contribution in [0.1, 0.15) is 13.8 Å². The van der Waals surface area contributed by atoms with Gasteiger partial charge in [-0.15, -0.1) is 0 Å². The lowest BCUT2D eigenvalue weighted by Gasteiger charge is -2.12. The summed E-state index contributed by atoms with van der Waals surface area (Å²) in [5.41, 5.74) is -0.123. The van der Waals surface area contributed by atoms with E-state index in [1.807, 2.05) is 19.9 Å². The zero-order valence-electron chi connectivity index (χ0n) is 6.20. The molecule has 0 N–H and O–H groups in total. The number of nitrogens with zero attached hydrogens (tertiary/aromatic N) is 2. The van der Waals surface area contributed by atoms with E-state index in [0.717, 1.165) is 0 Å². The molecular weight excluding hydrogens is 124 g/mol. The Labute approximate surface area is 60.7 Å². The van der Waals surface area contributed by atoms with E-state index in [1.54, 1.807) is 18.5 Å². The molecule has 1 heterocycles. The standard InChI is InChI=1S/C8H10N2/c1-8(2)4-7-9-5-3-6-10-8/h3-4,6-7H,1-2H3/b7-4-,10-6-. The molecule has 0 amide bonds. The molecule has 0 fully saturated rings. The van der Waals surface area contributed by atoms with Crippen LogP contribution in [0.3, 0.4) is 0 Å². The second kappa shape index (κ2) is 2.63. The molecule has 1 aliphatic rings. The average Bonchev–Trinajstić information content (AvgIpc) is 1.81. The Bertz CT molecular complexity index is 208. The van der Waals surface area contributed by atoms with Crippen molar-refractivity contribution < 1.29 is 0 Å².